The van der Waals surface area contributed by atoms with Gasteiger partial charge >= 0.3 is 11.9 Å². The topological polar surface area (TPSA) is 69.6 Å². The molecule has 1 aliphatic rings. The van der Waals surface area contributed by atoms with E-state index in [0.717, 1.165) is 27.8 Å². The first kappa shape index (κ1) is 17.1. The Bertz CT molecular complexity index is 1010. The van der Waals surface area contributed by atoms with Gasteiger partial charge in [-0.05, 0) is 37.6 Å². The van der Waals surface area contributed by atoms with Gasteiger partial charge in [-0.2, -0.15) is 0 Å². The normalized spacial score (nSPS) is 20.1. The average molecular weight is 364 g/mol. The van der Waals surface area contributed by atoms with Gasteiger partial charge in [0.2, 0.25) is 0 Å². The number of carbonyl (C=O) groups excluding carboxylic acids is 2. The van der Waals surface area contributed by atoms with Crippen molar-refractivity contribution in [1.29, 1.82) is 0 Å². The molecular formula is C21H20N2O4. The third kappa shape index (κ3) is 3.14. The fraction of sp³-hybridized carbons (Fsp3) is 0.238. The highest BCUT2D eigenvalue weighted by Gasteiger charge is 2.35. The van der Waals surface area contributed by atoms with Crippen LogP contribution in [0.5, 0.6) is 0 Å². The second-order valence-corrected chi connectivity index (χ2v) is 6.60. The van der Waals surface area contributed by atoms with Crippen molar-refractivity contribution in [3.63, 3.8) is 0 Å². The van der Waals surface area contributed by atoms with Crippen LogP contribution in [0.1, 0.15) is 23.9 Å². The fourth-order valence-electron chi connectivity index (χ4n) is 3.52. The summed E-state index contributed by atoms with van der Waals surface area (Å²) in [6, 6.07) is 17.3. The van der Waals surface area contributed by atoms with Crippen molar-refractivity contribution in [3.05, 3.63) is 65.9 Å². The van der Waals surface area contributed by atoms with Crippen LogP contribution in [-0.2, 0) is 19.1 Å². The van der Waals surface area contributed by atoms with Crippen molar-refractivity contribution in [2.24, 2.45) is 0 Å². The van der Waals surface area contributed by atoms with E-state index in [1.165, 1.54) is 0 Å². The van der Waals surface area contributed by atoms with Gasteiger partial charge in [-0.15, -0.1) is 0 Å². The molecule has 27 heavy (non-hydrogen) atoms. The van der Waals surface area contributed by atoms with Crippen LogP contribution in [0.4, 0.5) is 5.69 Å². The van der Waals surface area contributed by atoms with Gasteiger partial charge in [-0.1, -0.05) is 36.4 Å². The molecule has 1 N–H and O–H groups in total. The molecule has 6 heteroatoms. The summed E-state index contributed by atoms with van der Waals surface area (Å²) < 4.78 is 12.8. The van der Waals surface area contributed by atoms with Gasteiger partial charge in [0.25, 0.3) is 0 Å². The van der Waals surface area contributed by atoms with Gasteiger partial charge in [0.1, 0.15) is 0 Å². The number of hydrogen-bond donors (Lipinski definition) is 1. The summed E-state index contributed by atoms with van der Waals surface area (Å²) in [4.78, 5) is 24.1. The number of aromatic nitrogens is 1. The number of nitrogens with one attached hydrogen (secondary N) is 1. The molecule has 138 valence electrons. The van der Waals surface area contributed by atoms with Crippen LogP contribution in [0, 0.1) is 13.8 Å². The van der Waals surface area contributed by atoms with Crippen molar-refractivity contribution in [1.82, 2.24) is 4.57 Å². The lowest BCUT2D eigenvalue weighted by Crippen LogP contribution is -2.27. The number of esters is 2. The first-order valence-electron chi connectivity index (χ1n) is 8.84. The van der Waals surface area contributed by atoms with Crippen LogP contribution in [0.2, 0.25) is 0 Å². The van der Waals surface area contributed by atoms with Crippen molar-refractivity contribution in [2.45, 2.75) is 32.7 Å². The van der Waals surface area contributed by atoms with Crippen LogP contribution in [0.25, 0.3) is 10.9 Å². The standard InChI is InChI=1S/C21H20N2O4/c1-13-14(2)23(17-11-7-6-10-16(13)17)19-12-18(26-20(24)21(25)27-19)22-15-8-4-3-5-9-15/h3-11,18-19,22H,12H2,1-2H3. The molecule has 2 unspecified atom stereocenters. The van der Waals surface area contributed by atoms with Crippen LogP contribution in [0.3, 0.4) is 0 Å². The Morgan fingerprint density at radius 2 is 1.59 bits per heavy atom. The summed E-state index contributed by atoms with van der Waals surface area (Å²) in [5.74, 6) is -1.97. The molecule has 1 fully saturated rings. The lowest BCUT2D eigenvalue weighted by molar-refractivity contribution is -0.169. The number of aryl methyl sites for hydroxylation is 1. The number of anilines is 1. The number of para-hydroxylation sites is 2. The van der Waals surface area contributed by atoms with E-state index in [-0.39, 0.29) is 0 Å². The van der Waals surface area contributed by atoms with Gasteiger partial charge in [-0.25, -0.2) is 9.59 Å². The number of benzene rings is 2. The summed E-state index contributed by atoms with van der Waals surface area (Å²) in [7, 11) is 0. The van der Waals surface area contributed by atoms with E-state index < -0.39 is 24.4 Å². The van der Waals surface area contributed by atoms with Crippen LogP contribution in [-0.4, -0.2) is 22.7 Å². The third-order valence-electron chi connectivity index (χ3n) is 4.94. The molecule has 0 saturated carbocycles. The summed E-state index contributed by atoms with van der Waals surface area (Å²) in [6.07, 6.45) is -1.04. The Kier molecular flexibility index (Phi) is 4.32. The first-order chi connectivity index (χ1) is 13.0. The first-order valence-corrected chi connectivity index (χ1v) is 8.84. The fourth-order valence-corrected chi connectivity index (χ4v) is 3.52. The van der Waals surface area contributed by atoms with Gasteiger partial charge in [0, 0.05) is 16.8 Å². The lowest BCUT2D eigenvalue weighted by atomic mass is 10.2. The molecule has 1 aliphatic heterocycles. The van der Waals surface area contributed by atoms with E-state index in [4.69, 9.17) is 9.47 Å². The van der Waals surface area contributed by atoms with Crippen molar-refractivity contribution < 1.29 is 19.1 Å². The molecule has 0 spiro atoms. The van der Waals surface area contributed by atoms with Gasteiger partial charge in [0.15, 0.2) is 12.5 Å². The molecular weight excluding hydrogens is 344 g/mol. The summed E-state index contributed by atoms with van der Waals surface area (Å²) in [6.45, 7) is 4.02. The Hall–Kier alpha value is -3.28. The number of ether oxygens (including phenoxy) is 2. The van der Waals surface area contributed by atoms with E-state index in [2.05, 4.69) is 5.32 Å². The van der Waals surface area contributed by atoms with Gasteiger partial charge < -0.3 is 19.4 Å². The predicted molar refractivity (Wildman–Crippen MR) is 101 cm³/mol. The van der Waals surface area contributed by atoms with Gasteiger partial charge in [-0.3, -0.25) is 0 Å². The minimum absolute atomic E-state index is 0.297. The van der Waals surface area contributed by atoms with E-state index in [9.17, 15) is 9.59 Å². The Balaban J connectivity index is 1.72. The zero-order valence-corrected chi connectivity index (χ0v) is 15.1. The van der Waals surface area contributed by atoms with Crippen molar-refractivity contribution >= 4 is 28.5 Å². The summed E-state index contributed by atoms with van der Waals surface area (Å²) in [5.41, 5.74) is 3.86. The quantitative estimate of drug-likeness (QED) is 0.567. The molecule has 2 aromatic carbocycles. The Morgan fingerprint density at radius 3 is 2.37 bits per heavy atom. The van der Waals surface area contributed by atoms with Crippen molar-refractivity contribution in [3.8, 4) is 0 Å². The SMILES string of the molecule is Cc1c(C)n(C2CC(Nc3ccccc3)OC(=O)C(=O)O2)c2ccccc12. The second-order valence-electron chi connectivity index (χ2n) is 6.60. The maximum atomic E-state index is 12.1. The predicted octanol–water partition coefficient (Wildman–Crippen LogP) is 3.69. The molecule has 0 amide bonds. The highest BCUT2D eigenvalue weighted by atomic mass is 16.6. The largest absolute Gasteiger partial charge is 0.433 e. The van der Waals surface area contributed by atoms with Crippen molar-refractivity contribution in [2.75, 3.05) is 5.32 Å². The number of carbonyl (C=O) groups is 2. The molecule has 6 nitrogen and oxygen atoms in total. The number of rotatable bonds is 3. The summed E-state index contributed by atoms with van der Waals surface area (Å²) >= 11 is 0. The molecule has 0 bridgehead atoms. The molecule has 2 atom stereocenters. The number of cyclic esters (lactones) is 2. The molecule has 0 aliphatic carbocycles. The van der Waals surface area contributed by atoms with E-state index >= 15 is 0 Å². The van der Waals surface area contributed by atoms with Gasteiger partial charge in [0.05, 0.1) is 11.9 Å². The number of hydrogen-bond acceptors (Lipinski definition) is 5. The minimum Gasteiger partial charge on any atom is -0.433 e. The second kappa shape index (κ2) is 6.79. The highest BCUT2D eigenvalue weighted by molar-refractivity contribution is 6.29. The third-order valence-corrected chi connectivity index (χ3v) is 4.94. The maximum Gasteiger partial charge on any atom is 0.419 e. The molecule has 1 aromatic heterocycles. The molecule has 1 saturated heterocycles. The maximum absolute atomic E-state index is 12.1. The van der Waals surface area contributed by atoms with E-state index in [1.807, 2.05) is 73.0 Å². The lowest BCUT2D eigenvalue weighted by Gasteiger charge is -2.23. The molecule has 4 rings (SSSR count). The van der Waals surface area contributed by atoms with Crippen LogP contribution >= 0.6 is 0 Å². The Morgan fingerprint density at radius 1 is 0.926 bits per heavy atom. The average Bonchev–Trinajstić information content (AvgIpc) is 2.83. The monoisotopic (exact) mass is 364 g/mol. The van der Waals surface area contributed by atoms with Crippen LogP contribution < -0.4 is 5.32 Å². The molecule has 2 heterocycles. The molecule has 3 aromatic rings. The Labute approximate surface area is 156 Å². The number of fused-ring (bicyclic) bond motifs is 1. The smallest absolute Gasteiger partial charge is 0.419 e. The zero-order valence-electron chi connectivity index (χ0n) is 15.1. The van der Waals surface area contributed by atoms with E-state index in [0.29, 0.717) is 6.42 Å². The highest BCUT2D eigenvalue weighted by Crippen LogP contribution is 2.32. The zero-order chi connectivity index (χ0) is 19.0. The van der Waals surface area contributed by atoms with E-state index in [1.54, 1.807) is 0 Å². The minimum atomic E-state index is -0.989. The number of nitrogens with zero attached hydrogens (tertiary/aromatic N) is 1. The summed E-state index contributed by atoms with van der Waals surface area (Å²) in [5, 5.41) is 4.25. The molecule has 0 radical (unpaired) electrons. The van der Waals surface area contributed by atoms with Crippen LogP contribution in [0.15, 0.2) is 54.6 Å².